The Balaban J connectivity index is 2.78. The molecule has 1 aromatic carbocycles. The summed E-state index contributed by atoms with van der Waals surface area (Å²) in [6, 6.07) is 5.20. The molecule has 0 aliphatic carbocycles. The fraction of sp³-hybridized carbons (Fsp3) is 0.417. The second-order valence-electron chi connectivity index (χ2n) is 3.69. The number of aliphatic hydroxyl groups excluding tert-OH is 1. The number of hydrogen-bond acceptors (Lipinski definition) is 3. The van der Waals surface area contributed by atoms with Crippen molar-refractivity contribution in [2.75, 3.05) is 7.11 Å². The average molecular weight is 243 g/mol. The predicted molar refractivity (Wildman–Crippen MR) is 62.8 cm³/mol. The lowest BCUT2D eigenvalue weighted by Crippen LogP contribution is -2.04. The lowest BCUT2D eigenvalue weighted by Gasteiger charge is -2.07. The molecule has 0 unspecified atom stereocenters. The standard InChI is InChI=1S/C12H15ClO3/c1-8(14)3-4-9-5-6-10(11(13)7-9)12(15)16-2/h5-8,14H,3-4H2,1-2H3/t8-/m0/s1. The number of esters is 1. The third-order valence-corrected chi connectivity index (χ3v) is 2.60. The fourth-order valence-corrected chi connectivity index (χ4v) is 1.65. The number of ether oxygens (including phenoxy) is 1. The van der Waals surface area contributed by atoms with Crippen LogP contribution in [0, 0.1) is 0 Å². The number of aryl methyl sites for hydroxylation is 1. The summed E-state index contributed by atoms with van der Waals surface area (Å²) in [6.45, 7) is 1.74. The second-order valence-corrected chi connectivity index (χ2v) is 4.10. The Hall–Kier alpha value is -1.06. The van der Waals surface area contributed by atoms with Crippen LogP contribution in [-0.2, 0) is 11.2 Å². The summed E-state index contributed by atoms with van der Waals surface area (Å²) in [4.78, 5) is 11.3. The summed E-state index contributed by atoms with van der Waals surface area (Å²) >= 11 is 5.96. The van der Waals surface area contributed by atoms with E-state index in [-0.39, 0.29) is 6.10 Å². The minimum Gasteiger partial charge on any atom is -0.465 e. The van der Waals surface area contributed by atoms with Crippen LogP contribution in [0.3, 0.4) is 0 Å². The summed E-state index contributed by atoms with van der Waals surface area (Å²) in [6.07, 6.45) is 1.08. The average Bonchev–Trinajstić information content (AvgIpc) is 2.25. The van der Waals surface area contributed by atoms with Gasteiger partial charge in [-0.25, -0.2) is 4.79 Å². The zero-order chi connectivity index (χ0) is 12.1. The Kier molecular flexibility index (Phi) is 4.77. The summed E-state index contributed by atoms with van der Waals surface area (Å²) in [5.41, 5.74) is 1.36. The van der Waals surface area contributed by atoms with Gasteiger partial charge >= 0.3 is 5.97 Å². The van der Waals surface area contributed by atoms with E-state index in [0.717, 1.165) is 12.0 Å². The van der Waals surface area contributed by atoms with Gasteiger partial charge in [0.1, 0.15) is 0 Å². The molecule has 1 rings (SSSR count). The first kappa shape index (κ1) is 13.0. The van der Waals surface area contributed by atoms with E-state index in [1.165, 1.54) is 7.11 Å². The van der Waals surface area contributed by atoms with Crippen molar-refractivity contribution in [1.29, 1.82) is 0 Å². The number of methoxy groups -OCH3 is 1. The third kappa shape index (κ3) is 3.51. The Bertz CT molecular complexity index is 375. The third-order valence-electron chi connectivity index (χ3n) is 2.29. The van der Waals surface area contributed by atoms with Gasteiger partial charge in [0.15, 0.2) is 0 Å². The summed E-state index contributed by atoms with van der Waals surface area (Å²) < 4.78 is 4.59. The molecule has 0 aromatic heterocycles. The van der Waals surface area contributed by atoms with E-state index >= 15 is 0 Å². The van der Waals surface area contributed by atoms with Crippen LogP contribution in [0.4, 0.5) is 0 Å². The second kappa shape index (κ2) is 5.87. The van der Waals surface area contributed by atoms with Gasteiger partial charge in [-0.05, 0) is 37.5 Å². The van der Waals surface area contributed by atoms with Crippen LogP contribution in [0.15, 0.2) is 18.2 Å². The van der Waals surface area contributed by atoms with Gasteiger partial charge in [0.25, 0.3) is 0 Å². The highest BCUT2D eigenvalue weighted by Crippen LogP contribution is 2.19. The van der Waals surface area contributed by atoms with Gasteiger partial charge in [-0.3, -0.25) is 0 Å². The highest BCUT2D eigenvalue weighted by Gasteiger charge is 2.10. The zero-order valence-electron chi connectivity index (χ0n) is 9.37. The van der Waals surface area contributed by atoms with Crippen LogP contribution >= 0.6 is 11.6 Å². The molecule has 4 heteroatoms. The first-order valence-corrected chi connectivity index (χ1v) is 5.47. The van der Waals surface area contributed by atoms with Crippen LogP contribution < -0.4 is 0 Å². The smallest absolute Gasteiger partial charge is 0.339 e. The van der Waals surface area contributed by atoms with Gasteiger partial charge in [-0.2, -0.15) is 0 Å². The molecular weight excluding hydrogens is 228 g/mol. The number of hydrogen-bond donors (Lipinski definition) is 1. The van der Waals surface area contributed by atoms with Gasteiger partial charge in [0.05, 0.1) is 23.8 Å². The van der Waals surface area contributed by atoms with Crippen LogP contribution in [0.2, 0.25) is 5.02 Å². The topological polar surface area (TPSA) is 46.5 Å². The number of carbonyl (C=O) groups excluding carboxylic acids is 1. The van der Waals surface area contributed by atoms with E-state index in [0.29, 0.717) is 17.0 Å². The van der Waals surface area contributed by atoms with E-state index in [1.54, 1.807) is 19.1 Å². The minimum absolute atomic E-state index is 0.334. The lowest BCUT2D eigenvalue weighted by molar-refractivity contribution is 0.0601. The first-order valence-electron chi connectivity index (χ1n) is 5.09. The lowest BCUT2D eigenvalue weighted by atomic mass is 10.1. The van der Waals surface area contributed by atoms with E-state index in [4.69, 9.17) is 16.7 Å². The quantitative estimate of drug-likeness (QED) is 0.825. The summed E-state index contributed by atoms with van der Waals surface area (Å²) in [5, 5.41) is 9.54. The number of rotatable bonds is 4. The molecule has 0 fully saturated rings. The molecule has 1 N–H and O–H groups in total. The molecule has 0 saturated carbocycles. The SMILES string of the molecule is COC(=O)c1ccc(CC[C@H](C)O)cc1Cl. The monoisotopic (exact) mass is 242 g/mol. The van der Waals surface area contributed by atoms with Crippen LogP contribution in [0.5, 0.6) is 0 Å². The largest absolute Gasteiger partial charge is 0.465 e. The Morgan fingerprint density at radius 3 is 2.75 bits per heavy atom. The molecule has 0 amide bonds. The van der Waals surface area contributed by atoms with E-state index < -0.39 is 5.97 Å². The van der Waals surface area contributed by atoms with Crippen molar-refractivity contribution in [3.63, 3.8) is 0 Å². The first-order chi connectivity index (χ1) is 7.54. The maximum atomic E-state index is 11.3. The van der Waals surface area contributed by atoms with Crippen LogP contribution in [-0.4, -0.2) is 24.3 Å². The predicted octanol–water partition coefficient (Wildman–Crippen LogP) is 2.44. The van der Waals surface area contributed by atoms with Crippen molar-refractivity contribution in [3.05, 3.63) is 34.3 Å². The Morgan fingerprint density at radius 1 is 1.56 bits per heavy atom. The highest BCUT2D eigenvalue weighted by atomic mass is 35.5. The van der Waals surface area contributed by atoms with Crippen LogP contribution in [0.25, 0.3) is 0 Å². The van der Waals surface area contributed by atoms with Crippen molar-refractivity contribution in [3.8, 4) is 0 Å². The molecule has 16 heavy (non-hydrogen) atoms. The zero-order valence-corrected chi connectivity index (χ0v) is 10.1. The molecule has 88 valence electrons. The fourth-order valence-electron chi connectivity index (χ4n) is 1.37. The molecule has 0 radical (unpaired) electrons. The van der Waals surface area contributed by atoms with Crippen molar-refractivity contribution >= 4 is 17.6 Å². The van der Waals surface area contributed by atoms with Gasteiger partial charge < -0.3 is 9.84 Å². The van der Waals surface area contributed by atoms with Crippen molar-refractivity contribution < 1.29 is 14.6 Å². The van der Waals surface area contributed by atoms with Crippen molar-refractivity contribution in [2.45, 2.75) is 25.9 Å². The minimum atomic E-state index is -0.438. The molecule has 0 spiro atoms. The maximum absolute atomic E-state index is 11.3. The van der Waals surface area contributed by atoms with Crippen LogP contribution in [0.1, 0.15) is 29.3 Å². The number of benzene rings is 1. The van der Waals surface area contributed by atoms with Crippen molar-refractivity contribution in [2.24, 2.45) is 0 Å². The van der Waals surface area contributed by atoms with Gasteiger partial charge in [-0.15, -0.1) is 0 Å². The summed E-state index contributed by atoms with van der Waals surface area (Å²) in [5.74, 6) is -0.438. The number of carbonyl (C=O) groups is 1. The molecule has 1 atom stereocenters. The molecule has 0 bridgehead atoms. The molecule has 1 aromatic rings. The number of halogens is 1. The summed E-state index contributed by atoms with van der Waals surface area (Å²) in [7, 11) is 1.32. The molecule has 3 nitrogen and oxygen atoms in total. The van der Waals surface area contributed by atoms with Gasteiger partial charge in [0, 0.05) is 0 Å². The van der Waals surface area contributed by atoms with E-state index in [1.807, 2.05) is 6.07 Å². The molecule has 0 saturated heterocycles. The molecule has 0 heterocycles. The van der Waals surface area contributed by atoms with Gasteiger partial charge in [-0.1, -0.05) is 17.7 Å². The maximum Gasteiger partial charge on any atom is 0.339 e. The Labute approximate surface area is 100.0 Å². The molecular formula is C12H15ClO3. The van der Waals surface area contributed by atoms with E-state index in [2.05, 4.69) is 4.74 Å². The highest BCUT2D eigenvalue weighted by molar-refractivity contribution is 6.33. The normalized spacial score (nSPS) is 12.2. The van der Waals surface area contributed by atoms with Gasteiger partial charge in [0.2, 0.25) is 0 Å². The molecule has 0 aliphatic heterocycles. The molecule has 0 aliphatic rings. The number of aliphatic hydroxyl groups is 1. The Morgan fingerprint density at radius 2 is 2.25 bits per heavy atom. The van der Waals surface area contributed by atoms with E-state index in [9.17, 15) is 4.79 Å². The van der Waals surface area contributed by atoms with Crippen molar-refractivity contribution in [1.82, 2.24) is 0 Å².